The molecule has 0 amide bonds. The maximum Gasteiger partial charge on any atom is 0.0478 e. The van der Waals surface area contributed by atoms with E-state index < -0.39 is 0 Å². The van der Waals surface area contributed by atoms with Gasteiger partial charge in [-0.25, -0.2) is 0 Å². The van der Waals surface area contributed by atoms with Gasteiger partial charge in [0.1, 0.15) is 0 Å². The lowest BCUT2D eigenvalue weighted by molar-refractivity contribution is 0.152. The smallest absolute Gasteiger partial charge is 0.0478 e. The van der Waals surface area contributed by atoms with Crippen molar-refractivity contribution in [2.24, 2.45) is 11.7 Å². The number of aryl methyl sites for hydroxylation is 2. The molecule has 0 spiro atoms. The van der Waals surface area contributed by atoms with Gasteiger partial charge in [-0.15, -0.1) is 0 Å². The van der Waals surface area contributed by atoms with E-state index in [2.05, 4.69) is 36.9 Å². The standard InChI is InChI=1S/C16H24N2/c1-11-4-3-5-12(2)16(11)15(9-17)18-10-13-6-7-14(18)8-13/h3-5,13-15H,6-10,17H2,1-2H3. The fourth-order valence-corrected chi connectivity index (χ4v) is 4.12. The van der Waals surface area contributed by atoms with Crippen LogP contribution in [0.5, 0.6) is 0 Å². The first-order valence-electron chi connectivity index (χ1n) is 7.22. The predicted molar refractivity (Wildman–Crippen MR) is 75.5 cm³/mol. The molecule has 98 valence electrons. The van der Waals surface area contributed by atoms with E-state index in [-0.39, 0.29) is 0 Å². The van der Waals surface area contributed by atoms with Gasteiger partial charge < -0.3 is 5.73 Å². The van der Waals surface area contributed by atoms with E-state index in [1.54, 1.807) is 0 Å². The van der Waals surface area contributed by atoms with Crippen molar-refractivity contribution in [1.82, 2.24) is 4.90 Å². The quantitative estimate of drug-likeness (QED) is 0.886. The maximum atomic E-state index is 6.11. The Kier molecular flexibility index (Phi) is 3.16. The SMILES string of the molecule is Cc1cccc(C)c1C(CN)N1CC2CCC1C2. The van der Waals surface area contributed by atoms with Crippen molar-refractivity contribution in [3.05, 3.63) is 34.9 Å². The van der Waals surface area contributed by atoms with Crippen molar-refractivity contribution in [2.75, 3.05) is 13.1 Å². The van der Waals surface area contributed by atoms with Crippen LogP contribution in [0.15, 0.2) is 18.2 Å². The minimum absolute atomic E-state index is 0.432. The number of fused-ring (bicyclic) bond motifs is 2. The van der Waals surface area contributed by atoms with Crippen molar-refractivity contribution in [1.29, 1.82) is 0 Å². The molecular weight excluding hydrogens is 220 g/mol. The Balaban J connectivity index is 1.93. The third-order valence-electron chi connectivity index (χ3n) is 4.95. The van der Waals surface area contributed by atoms with Gasteiger partial charge in [0.05, 0.1) is 0 Å². The Labute approximate surface area is 110 Å². The summed E-state index contributed by atoms with van der Waals surface area (Å²) < 4.78 is 0. The number of benzene rings is 1. The third kappa shape index (κ3) is 1.88. The van der Waals surface area contributed by atoms with Crippen molar-refractivity contribution < 1.29 is 0 Å². The maximum absolute atomic E-state index is 6.11. The zero-order chi connectivity index (χ0) is 12.7. The van der Waals surface area contributed by atoms with Crippen molar-refractivity contribution in [2.45, 2.75) is 45.2 Å². The predicted octanol–water partition coefficient (Wildman–Crippen LogP) is 2.79. The molecule has 2 nitrogen and oxygen atoms in total. The number of nitrogens with zero attached hydrogens (tertiary/aromatic N) is 1. The van der Waals surface area contributed by atoms with Crippen LogP contribution in [0, 0.1) is 19.8 Å². The zero-order valence-corrected chi connectivity index (χ0v) is 11.5. The van der Waals surface area contributed by atoms with Crippen LogP contribution in [-0.4, -0.2) is 24.0 Å². The molecule has 2 fully saturated rings. The summed E-state index contributed by atoms with van der Waals surface area (Å²) in [5.74, 6) is 0.938. The van der Waals surface area contributed by atoms with Gasteiger partial charge in [0, 0.05) is 25.2 Å². The minimum atomic E-state index is 0.432. The van der Waals surface area contributed by atoms with Crippen LogP contribution >= 0.6 is 0 Å². The van der Waals surface area contributed by atoms with Crippen LogP contribution in [-0.2, 0) is 0 Å². The fraction of sp³-hybridized carbons (Fsp3) is 0.625. The molecule has 1 saturated heterocycles. The Morgan fingerprint density at radius 2 is 2.00 bits per heavy atom. The molecule has 1 aromatic carbocycles. The second-order valence-electron chi connectivity index (χ2n) is 6.09. The molecule has 18 heavy (non-hydrogen) atoms. The van der Waals surface area contributed by atoms with Gasteiger partial charge in [-0.2, -0.15) is 0 Å². The van der Waals surface area contributed by atoms with Gasteiger partial charge in [0.25, 0.3) is 0 Å². The van der Waals surface area contributed by atoms with Gasteiger partial charge in [0.2, 0.25) is 0 Å². The molecule has 0 radical (unpaired) electrons. The first-order valence-corrected chi connectivity index (χ1v) is 7.22. The van der Waals surface area contributed by atoms with Gasteiger partial charge >= 0.3 is 0 Å². The molecule has 2 aliphatic rings. The van der Waals surface area contributed by atoms with E-state index in [4.69, 9.17) is 5.73 Å². The van der Waals surface area contributed by atoms with Crippen LogP contribution < -0.4 is 5.73 Å². The molecule has 3 unspecified atom stereocenters. The van der Waals surface area contributed by atoms with E-state index >= 15 is 0 Å². The second kappa shape index (κ2) is 4.67. The summed E-state index contributed by atoms with van der Waals surface area (Å²) in [5, 5.41) is 0. The van der Waals surface area contributed by atoms with E-state index in [0.717, 1.165) is 18.5 Å². The lowest BCUT2D eigenvalue weighted by atomic mass is 9.93. The normalized spacial score (nSPS) is 28.8. The monoisotopic (exact) mass is 244 g/mol. The summed E-state index contributed by atoms with van der Waals surface area (Å²) in [5.41, 5.74) is 10.4. The molecule has 3 rings (SSSR count). The first-order chi connectivity index (χ1) is 8.70. The molecule has 0 aromatic heterocycles. The van der Waals surface area contributed by atoms with Crippen LogP contribution in [0.3, 0.4) is 0 Å². The Bertz CT molecular complexity index is 420. The second-order valence-corrected chi connectivity index (χ2v) is 6.09. The minimum Gasteiger partial charge on any atom is -0.329 e. The van der Waals surface area contributed by atoms with Crippen LogP contribution in [0.2, 0.25) is 0 Å². The number of nitrogens with two attached hydrogens (primary N) is 1. The van der Waals surface area contributed by atoms with Gasteiger partial charge in [-0.3, -0.25) is 4.90 Å². The lowest BCUT2D eigenvalue weighted by Crippen LogP contribution is -2.39. The topological polar surface area (TPSA) is 29.3 Å². The van der Waals surface area contributed by atoms with E-state index in [9.17, 15) is 0 Å². The molecule has 3 atom stereocenters. The highest BCUT2D eigenvalue weighted by Gasteiger charge is 2.41. The van der Waals surface area contributed by atoms with Crippen molar-refractivity contribution in [3.63, 3.8) is 0 Å². The zero-order valence-electron chi connectivity index (χ0n) is 11.5. The van der Waals surface area contributed by atoms with Gasteiger partial charge in [0.15, 0.2) is 0 Å². The number of piperidine rings is 1. The summed E-state index contributed by atoms with van der Waals surface area (Å²) in [6.45, 7) is 6.45. The first kappa shape index (κ1) is 12.2. The summed E-state index contributed by atoms with van der Waals surface area (Å²) in [6.07, 6.45) is 4.22. The highest BCUT2D eigenvalue weighted by Crippen LogP contribution is 2.42. The molecule has 2 N–H and O–H groups in total. The molecular formula is C16H24N2. The Hall–Kier alpha value is -0.860. The highest BCUT2D eigenvalue weighted by molar-refractivity contribution is 5.36. The number of hydrogen-bond acceptors (Lipinski definition) is 2. The van der Waals surface area contributed by atoms with Crippen LogP contribution in [0.4, 0.5) is 0 Å². The molecule has 1 aromatic rings. The molecule has 1 saturated carbocycles. The average molecular weight is 244 g/mol. The van der Waals surface area contributed by atoms with Gasteiger partial charge in [-0.05, 0) is 55.7 Å². The van der Waals surface area contributed by atoms with Crippen LogP contribution in [0.1, 0.15) is 42.0 Å². The largest absolute Gasteiger partial charge is 0.329 e. The van der Waals surface area contributed by atoms with Crippen LogP contribution in [0.25, 0.3) is 0 Å². The summed E-state index contributed by atoms with van der Waals surface area (Å²) in [7, 11) is 0. The highest BCUT2D eigenvalue weighted by atomic mass is 15.2. The lowest BCUT2D eigenvalue weighted by Gasteiger charge is -2.36. The molecule has 1 aliphatic carbocycles. The van der Waals surface area contributed by atoms with E-state index in [1.165, 1.54) is 42.5 Å². The van der Waals surface area contributed by atoms with E-state index in [0.29, 0.717) is 6.04 Å². The van der Waals surface area contributed by atoms with E-state index in [1.807, 2.05) is 0 Å². The Morgan fingerprint density at radius 3 is 2.50 bits per heavy atom. The molecule has 2 bridgehead atoms. The van der Waals surface area contributed by atoms with Crippen molar-refractivity contribution >= 4 is 0 Å². The average Bonchev–Trinajstić information content (AvgIpc) is 2.96. The van der Waals surface area contributed by atoms with Gasteiger partial charge in [-0.1, -0.05) is 18.2 Å². The Morgan fingerprint density at radius 1 is 1.28 bits per heavy atom. The summed E-state index contributed by atoms with van der Waals surface area (Å²) in [4.78, 5) is 2.68. The van der Waals surface area contributed by atoms with Crippen molar-refractivity contribution in [3.8, 4) is 0 Å². The third-order valence-corrected chi connectivity index (χ3v) is 4.95. The number of hydrogen-bond donors (Lipinski definition) is 1. The molecule has 1 heterocycles. The summed E-state index contributed by atoms with van der Waals surface area (Å²) >= 11 is 0. The summed E-state index contributed by atoms with van der Waals surface area (Å²) in [6, 6.07) is 7.82. The number of likely N-dealkylation sites (tertiary alicyclic amines) is 1. The fourth-order valence-electron chi connectivity index (χ4n) is 4.12. The molecule has 1 aliphatic heterocycles. The number of rotatable bonds is 3. The molecule has 2 heteroatoms.